The van der Waals surface area contributed by atoms with Crippen LogP contribution in [0.5, 0.6) is 5.88 Å². The van der Waals surface area contributed by atoms with E-state index in [-0.39, 0.29) is 29.2 Å². The van der Waals surface area contributed by atoms with E-state index in [2.05, 4.69) is 37.1 Å². The third-order valence-electron chi connectivity index (χ3n) is 8.99. The SMILES string of the molecule is COc1ncc(C2CC2)cc1CN[C@H]1[C@H](C(C)(C)C)[C@@H](C(=O)O)N(C(=O)C2CCCCC2)[C@H]1c1ccccc1. The molecule has 7 heteroatoms. The van der Waals surface area contributed by atoms with Crippen LogP contribution in [0.4, 0.5) is 0 Å². The number of ether oxygens (including phenoxy) is 1. The van der Waals surface area contributed by atoms with E-state index in [1.165, 1.54) is 18.4 Å². The summed E-state index contributed by atoms with van der Waals surface area (Å²) >= 11 is 0. The number of likely N-dealkylation sites (tertiary alicyclic amines) is 1. The van der Waals surface area contributed by atoms with Gasteiger partial charge in [-0.05, 0) is 54.2 Å². The van der Waals surface area contributed by atoms with Crippen LogP contribution in [0.3, 0.4) is 0 Å². The van der Waals surface area contributed by atoms with Crippen LogP contribution in [-0.2, 0) is 16.1 Å². The van der Waals surface area contributed by atoms with Gasteiger partial charge in [-0.3, -0.25) is 4.79 Å². The first kappa shape index (κ1) is 27.6. The summed E-state index contributed by atoms with van der Waals surface area (Å²) in [5, 5.41) is 14.4. The summed E-state index contributed by atoms with van der Waals surface area (Å²) in [6, 6.07) is 10.6. The normalized spacial score (nSPS) is 26.0. The van der Waals surface area contributed by atoms with Crippen LogP contribution in [0.25, 0.3) is 0 Å². The molecule has 39 heavy (non-hydrogen) atoms. The van der Waals surface area contributed by atoms with Gasteiger partial charge in [0, 0.05) is 36.2 Å². The number of hydrogen-bond acceptors (Lipinski definition) is 5. The van der Waals surface area contributed by atoms with E-state index < -0.39 is 18.1 Å². The molecule has 0 bridgehead atoms. The molecular weight excluding hydrogens is 490 g/mol. The van der Waals surface area contributed by atoms with Gasteiger partial charge < -0.3 is 20.1 Å². The van der Waals surface area contributed by atoms with Crippen LogP contribution in [0.2, 0.25) is 0 Å². The van der Waals surface area contributed by atoms with Gasteiger partial charge in [-0.15, -0.1) is 0 Å². The van der Waals surface area contributed by atoms with Crippen molar-refractivity contribution in [2.45, 2.75) is 96.3 Å². The van der Waals surface area contributed by atoms with Crippen LogP contribution < -0.4 is 10.1 Å². The van der Waals surface area contributed by atoms with Crippen molar-refractivity contribution in [2.75, 3.05) is 7.11 Å². The number of rotatable bonds is 8. The lowest BCUT2D eigenvalue weighted by Gasteiger charge is -2.36. The molecule has 3 aliphatic rings. The van der Waals surface area contributed by atoms with Crippen molar-refractivity contribution in [1.29, 1.82) is 0 Å². The van der Waals surface area contributed by atoms with Gasteiger partial charge in [0.15, 0.2) is 0 Å². The van der Waals surface area contributed by atoms with E-state index in [0.717, 1.165) is 43.2 Å². The Morgan fingerprint density at radius 2 is 1.74 bits per heavy atom. The van der Waals surface area contributed by atoms with Gasteiger partial charge in [0.25, 0.3) is 0 Å². The number of nitrogens with zero attached hydrogens (tertiary/aromatic N) is 2. The molecule has 1 aromatic carbocycles. The van der Waals surface area contributed by atoms with Crippen LogP contribution in [0, 0.1) is 17.3 Å². The fourth-order valence-electron chi connectivity index (χ4n) is 6.98. The zero-order valence-corrected chi connectivity index (χ0v) is 23.7. The molecule has 210 valence electrons. The number of amides is 1. The first-order valence-electron chi connectivity index (χ1n) is 14.6. The summed E-state index contributed by atoms with van der Waals surface area (Å²) in [5.74, 6) is -0.223. The molecule has 2 N–H and O–H groups in total. The zero-order valence-electron chi connectivity index (χ0n) is 23.7. The molecule has 1 aliphatic heterocycles. The lowest BCUT2D eigenvalue weighted by Crippen LogP contribution is -2.49. The zero-order chi connectivity index (χ0) is 27.7. The minimum absolute atomic E-state index is 0.00974. The molecule has 2 aromatic rings. The third-order valence-corrected chi connectivity index (χ3v) is 8.99. The van der Waals surface area contributed by atoms with Crippen molar-refractivity contribution in [3.63, 3.8) is 0 Å². The molecule has 5 rings (SSSR count). The monoisotopic (exact) mass is 533 g/mol. The van der Waals surface area contributed by atoms with Crippen molar-refractivity contribution in [2.24, 2.45) is 17.3 Å². The number of carbonyl (C=O) groups is 2. The van der Waals surface area contributed by atoms with Gasteiger partial charge in [0.05, 0.1) is 13.2 Å². The minimum Gasteiger partial charge on any atom is -0.481 e. The summed E-state index contributed by atoms with van der Waals surface area (Å²) in [6.45, 7) is 6.76. The average molecular weight is 534 g/mol. The first-order valence-corrected chi connectivity index (χ1v) is 14.6. The van der Waals surface area contributed by atoms with Crippen molar-refractivity contribution < 1.29 is 19.4 Å². The van der Waals surface area contributed by atoms with Gasteiger partial charge in [-0.25, -0.2) is 9.78 Å². The fraction of sp³-hybridized carbons (Fsp3) is 0.594. The van der Waals surface area contributed by atoms with Crippen molar-refractivity contribution in [3.8, 4) is 5.88 Å². The number of carboxylic acids is 1. The molecular formula is C32H43N3O4. The second-order valence-electron chi connectivity index (χ2n) is 12.7. The largest absolute Gasteiger partial charge is 0.481 e. The highest BCUT2D eigenvalue weighted by Gasteiger charge is 2.58. The summed E-state index contributed by atoms with van der Waals surface area (Å²) in [5.41, 5.74) is 2.79. The molecule has 0 radical (unpaired) electrons. The summed E-state index contributed by atoms with van der Waals surface area (Å²) in [7, 11) is 1.63. The number of hydrogen-bond donors (Lipinski definition) is 2. The van der Waals surface area contributed by atoms with E-state index in [0.29, 0.717) is 18.3 Å². The number of aromatic nitrogens is 1. The molecule has 1 saturated heterocycles. The van der Waals surface area contributed by atoms with Gasteiger partial charge >= 0.3 is 5.97 Å². The van der Waals surface area contributed by atoms with E-state index in [9.17, 15) is 14.7 Å². The maximum Gasteiger partial charge on any atom is 0.326 e. The highest BCUT2D eigenvalue weighted by atomic mass is 16.5. The number of aliphatic carboxylic acids is 1. The van der Waals surface area contributed by atoms with E-state index in [1.807, 2.05) is 36.5 Å². The van der Waals surface area contributed by atoms with Gasteiger partial charge in [0.1, 0.15) is 6.04 Å². The van der Waals surface area contributed by atoms with E-state index >= 15 is 0 Å². The Morgan fingerprint density at radius 1 is 1.05 bits per heavy atom. The third kappa shape index (κ3) is 5.69. The van der Waals surface area contributed by atoms with Gasteiger partial charge in [-0.2, -0.15) is 0 Å². The molecule has 0 unspecified atom stereocenters. The summed E-state index contributed by atoms with van der Waals surface area (Å²) in [4.78, 5) is 33.6. The Hall–Kier alpha value is -2.93. The Bertz CT molecular complexity index is 1170. The topological polar surface area (TPSA) is 91.8 Å². The number of carbonyl (C=O) groups excluding carboxylic acids is 1. The van der Waals surface area contributed by atoms with E-state index in [4.69, 9.17) is 4.74 Å². The number of methoxy groups -OCH3 is 1. The lowest BCUT2D eigenvalue weighted by molar-refractivity contribution is -0.154. The molecule has 7 nitrogen and oxygen atoms in total. The Labute approximate surface area is 232 Å². The molecule has 2 heterocycles. The average Bonchev–Trinajstić information content (AvgIpc) is 3.72. The van der Waals surface area contributed by atoms with Gasteiger partial charge in [0.2, 0.25) is 11.8 Å². The summed E-state index contributed by atoms with van der Waals surface area (Å²) < 4.78 is 5.61. The molecule has 1 amide bonds. The predicted molar refractivity (Wildman–Crippen MR) is 150 cm³/mol. The highest BCUT2D eigenvalue weighted by Crippen LogP contribution is 2.49. The molecule has 0 spiro atoms. The molecule has 2 saturated carbocycles. The number of pyridine rings is 1. The summed E-state index contributed by atoms with van der Waals surface area (Å²) in [6.07, 6.45) is 9.12. The quantitative estimate of drug-likeness (QED) is 0.452. The van der Waals surface area contributed by atoms with E-state index in [1.54, 1.807) is 12.0 Å². The van der Waals surface area contributed by atoms with Crippen LogP contribution in [-0.4, -0.2) is 46.1 Å². The highest BCUT2D eigenvalue weighted by molar-refractivity contribution is 5.87. The Morgan fingerprint density at radius 3 is 2.33 bits per heavy atom. The van der Waals surface area contributed by atoms with Crippen LogP contribution in [0.15, 0.2) is 42.6 Å². The number of carboxylic acid groups (broad SMARTS) is 1. The Balaban J connectivity index is 1.56. The fourth-order valence-corrected chi connectivity index (χ4v) is 6.98. The van der Waals surface area contributed by atoms with Crippen molar-refractivity contribution in [3.05, 3.63) is 59.3 Å². The lowest BCUT2D eigenvalue weighted by atomic mass is 9.72. The maximum absolute atomic E-state index is 14.2. The van der Waals surface area contributed by atoms with Crippen LogP contribution >= 0.6 is 0 Å². The number of benzene rings is 1. The predicted octanol–water partition coefficient (Wildman–Crippen LogP) is 5.71. The number of nitrogens with one attached hydrogen (secondary N) is 1. The Kier molecular flexibility index (Phi) is 7.99. The molecule has 4 atom stereocenters. The minimum atomic E-state index is -0.931. The van der Waals surface area contributed by atoms with Gasteiger partial charge in [-0.1, -0.05) is 70.4 Å². The molecule has 3 fully saturated rings. The standard InChI is InChI=1S/C32H43N3O4/c1-32(2,3)25-26(33-19-24-17-23(20-15-16-20)18-34-29(24)39-4)27(21-11-7-5-8-12-21)35(28(25)31(37)38)30(36)22-13-9-6-10-14-22/h5,7-8,11-12,17-18,20,22,25-28,33H,6,9-10,13-16,19H2,1-4H3,(H,37,38)/t25-,26-,27-,28-/m0/s1. The second-order valence-corrected chi connectivity index (χ2v) is 12.7. The van der Waals surface area contributed by atoms with Crippen molar-refractivity contribution in [1.82, 2.24) is 15.2 Å². The molecule has 1 aromatic heterocycles. The molecule has 2 aliphatic carbocycles. The maximum atomic E-state index is 14.2. The smallest absolute Gasteiger partial charge is 0.326 e. The second kappa shape index (κ2) is 11.3. The van der Waals surface area contributed by atoms with Crippen molar-refractivity contribution >= 4 is 11.9 Å². The first-order chi connectivity index (χ1) is 18.7. The van der Waals surface area contributed by atoms with Crippen LogP contribution in [0.1, 0.15) is 94.4 Å².